The Bertz CT molecular complexity index is 180. The monoisotopic (exact) mass is 212 g/mol. The molecular formula is C12H24N2O. The average Bonchev–Trinajstić information content (AvgIpc) is 2.80. The minimum atomic E-state index is 0.661. The van der Waals surface area contributed by atoms with E-state index in [0.29, 0.717) is 6.04 Å². The highest BCUT2D eigenvalue weighted by Crippen LogP contribution is 2.27. The number of rotatable bonds is 4. The number of ether oxygens (including phenoxy) is 1. The van der Waals surface area contributed by atoms with Crippen molar-refractivity contribution in [2.75, 3.05) is 33.4 Å². The molecule has 0 amide bonds. The fraction of sp³-hybridized carbons (Fsp3) is 1.00. The zero-order chi connectivity index (χ0) is 10.5. The molecule has 2 fully saturated rings. The Labute approximate surface area is 93.2 Å². The molecule has 1 aliphatic carbocycles. The minimum Gasteiger partial charge on any atom is -0.378 e. The summed E-state index contributed by atoms with van der Waals surface area (Å²) in [6.45, 7) is 4.14. The van der Waals surface area contributed by atoms with Crippen molar-refractivity contribution in [2.24, 2.45) is 0 Å². The summed E-state index contributed by atoms with van der Waals surface area (Å²) >= 11 is 0. The van der Waals surface area contributed by atoms with Gasteiger partial charge in [-0.25, -0.2) is 0 Å². The molecule has 88 valence electrons. The molecule has 0 radical (unpaired) electrons. The van der Waals surface area contributed by atoms with Gasteiger partial charge < -0.3 is 10.1 Å². The standard InChI is InChI=1S/C12H24N2O/c1-13-7-6-12-10-15-9-8-14(12)11-4-2-3-5-11/h11-13H,2-10H2,1H3. The van der Waals surface area contributed by atoms with Gasteiger partial charge in [0.05, 0.1) is 13.2 Å². The van der Waals surface area contributed by atoms with Crippen LogP contribution in [-0.2, 0) is 4.74 Å². The average molecular weight is 212 g/mol. The van der Waals surface area contributed by atoms with Gasteiger partial charge in [0.1, 0.15) is 0 Å². The van der Waals surface area contributed by atoms with Crippen LogP contribution < -0.4 is 5.32 Å². The predicted molar refractivity (Wildman–Crippen MR) is 62.1 cm³/mol. The van der Waals surface area contributed by atoms with E-state index in [1.54, 1.807) is 0 Å². The normalized spacial score (nSPS) is 29.8. The molecule has 2 rings (SSSR count). The molecule has 2 aliphatic rings. The van der Waals surface area contributed by atoms with Gasteiger partial charge >= 0.3 is 0 Å². The van der Waals surface area contributed by atoms with Crippen molar-refractivity contribution in [2.45, 2.75) is 44.2 Å². The lowest BCUT2D eigenvalue weighted by atomic mass is 10.1. The molecule has 0 aromatic rings. The van der Waals surface area contributed by atoms with Gasteiger partial charge in [-0.2, -0.15) is 0 Å². The van der Waals surface area contributed by atoms with Gasteiger partial charge in [-0.3, -0.25) is 4.90 Å². The molecule has 3 nitrogen and oxygen atoms in total. The predicted octanol–water partition coefficient (Wildman–Crippen LogP) is 1.24. The second-order valence-electron chi connectivity index (χ2n) is 4.80. The van der Waals surface area contributed by atoms with Crippen LogP contribution >= 0.6 is 0 Å². The second kappa shape index (κ2) is 5.83. The third kappa shape index (κ3) is 2.92. The summed E-state index contributed by atoms with van der Waals surface area (Å²) < 4.78 is 5.60. The summed E-state index contributed by atoms with van der Waals surface area (Å²) in [4.78, 5) is 2.72. The fourth-order valence-electron chi connectivity index (χ4n) is 2.94. The van der Waals surface area contributed by atoms with E-state index < -0.39 is 0 Å². The Balaban J connectivity index is 1.86. The van der Waals surface area contributed by atoms with Crippen LogP contribution in [0.1, 0.15) is 32.1 Å². The Morgan fingerprint density at radius 1 is 1.33 bits per heavy atom. The maximum atomic E-state index is 5.60. The molecule has 1 aliphatic heterocycles. The molecule has 1 unspecified atom stereocenters. The van der Waals surface area contributed by atoms with Crippen LogP contribution in [0.4, 0.5) is 0 Å². The molecule has 1 atom stereocenters. The van der Waals surface area contributed by atoms with Crippen LogP contribution in [0.5, 0.6) is 0 Å². The third-order valence-corrected chi connectivity index (χ3v) is 3.79. The van der Waals surface area contributed by atoms with Crippen molar-refractivity contribution < 1.29 is 4.74 Å². The van der Waals surface area contributed by atoms with E-state index in [2.05, 4.69) is 10.2 Å². The number of hydrogen-bond acceptors (Lipinski definition) is 3. The van der Waals surface area contributed by atoms with Crippen LogP contribution in [0.2, 0.25) is 0 Å². The Hall–Kier alpha value is -0.120. The van der Waals surface area contributed by atoms with E-state index in [4.69, 9.17) is 4.74 Å². The van der Waals surface area contributed by atoms with E-state index in [1.807, 2.05) is 7.05 Å². The summed E-state index contributed by atoms with van der Waals surface area (Å²) in [5, 5.41) is 3.24. The van der Waals surface area contributed by atoms with E-state index in [9.17, 15) is 0 Å². The maximum Gasteiger partial charge on any atom is 0.0623 e. The van der Waals surface area contributed by atoms with E-state index in [0.717, 1.165) is 32.3 Å². The summed E-state index contributed by atoms with van der Waals surface area (Å²) in [7, 11) is 2.03. The molecule has 1 heterocycles. The van der Waals surface area contributed by atoms with Crippen molar-refractivity contribution >= 4 is 0 Å². The van der Waals surface area contributed by atoms with Crippen LogP contribution in [0.15, 0.2) is 0 Å². The fourth-order valence-corrected chi connectivity index (χ4v) is 2.94. The van der Waals surface area contributed by atoms with Gasteiger partial charge in [0.2, 0.25) is 0 Å². The quantitative estimate of drug-likeness (QED) is 0.759. The van der Waals surface area contributed by atoms with E-state index >= 15 is 0 Å². The van der Waals surface area contributed by atoms with Crippen LogP contribution in [0, 0.1) is 0 Å². The van der Waals surface area contributed by atoms with Crippen molar-refractivity contribution in [3.05, 3.63) is 0 Å². The highest BCUT2D eigenvalue weighted by molar-refractivity contribution is 4.85. The molecule has 1 saturated heterocycles. The van der Waals surface area contributed by atoms with Crippen LogP contribution in [-0.4, -0.2) is 50.3 Å². The summed E-state index contributed by atoms with van der Waals surface area (Å²) in [5.41, 5.74) is 0. The van der Waals surface area contributed by atoms with Gasteiger partial charge in [0.15, 0.2) is 0 Å². The summed E-state index contributed by atoms with van der Waals surface area (Å²) in [5.74, 6) is 0. The zero-order valence-electron chi connectivity index (χ0n) is 9.87. The highest BCUT2D eigenvalue weighted by atomic mass is 16.5. The largest absolute Gasteiger partial charge is 0.378 e. The lowest BCUT2D eigenvalue weighted by molar-refractivity contribution is -0.0300. The van der Waals surface area contributed by atoms with Gasteiger partial charge in [0.25, 0.3) is 0 Å². The number of nitrogens with one attached hydrogen (secondary N) is 1. The topological polar surface area (TPSA) is 24.5 Å². The Morgan fingerprint density at radius 3 is 2.87 bits per heavy atom. The first-order valence-corrected chi connectivity index (χ1v) is 6.40. The van der Waals surface area contributed by atoms with Gasteiger partial charge in [-0.15, -0.1) is 0 Å². The lowest BCUT2D eigenvalue weighted by Gasteiger charge is -2.39. The Morgan fingerprint density at radius 2 is 2.13 bits per heavy atom. The number of nitrogens with zero attached hydrogens (tertiary/aromatic N) is 1. The smallest absolute Gasteiger partial charge is 0.0623 e. The van der Waals surface area contributed by atoms with Crippen molar-refractivity contribution in [3.8, 4) is 0 Å². The van der Waals surface area contributed by atoms with Gasteiger partial charge in [-0.05, 0) is 32.9 Å². The molecule has 0 aromatic carbocycles. The first-order valence-electron chi connectivity index (χ1n) is 6.40. The molecular weight excluding hydrogens is 188 g/mol. The van der Waals surface area contributed by atoms with Crippen molar-refractivity contribution in [1.82, 2.24) is 10.2 Å². The van der Waals surface area contributed by atoms with Crippen LogP contribution in [0.25, 0.3) is 0 Å². The molecule has 0 aromatic heterocycles. The van der Waals surface area contributed by atoms with Crippen molar-refractivity contribution in [1.29, 1.82) is 0 Å². The molecule has 1 N–H and O–H groups in total. The molecule has 0 spiro atoms. The Kier molecular flexibility index (Phi) is 4.42. The van der Waals surface area contributed by atoms with E-state index in [1.165, 1.54) is 32.1 Å². The molecule has 3 heteroatoms. The maximum absolute atomic E-state index is 5.60. The molecule has 15 heavy (non-hydrogen) atoms. The lowest BCUT2D eigenvalue weighted by Crippen LogP contribution is -2.50. The summed E-state index contributed by atoms with van der Waals surface area (Å²) in [6.07, 6.45) is 6.92. The first-order chi connectivity index (χ1) is 7.42. The second-order valence-corrected chi connectivity index (χ2v) is 4.80. The summed E-state index contributed by atoms with van der Waals surface area (Å²) in [6, 6.07) is 1.52. The molecule has 1 saturated carbocycles. The number of hydrogen-bond donors (Lipinski definition) is 1. The van der Waals surface area contributed by atoms with E-state index in [-0.39, 0.29) is 0 Å². The van der Waals surface area contributed by atoms with Gasteiger partial charge in [0, 0.05) is 18.6 Å². The van der Waals surface area contributed by atoms with Crippen molar-refractivity contribution in [3.63, 3.8) is 0 Å². The molecule has 0 bridgehead atoms. The number of morpholine rings is 1. The van der Waals surface area contributed by atoms with Gasteiger partial charge in [-0.1, -0.05) is 12.8 Å². The highest BCUT2D eigenvalue weighted by Gasteiger charge is 2.30. The van der Waals surface area contributed by atoms with Crippen LogP contribution in [0.3, 0.4) is 0 Å². The zero-order valence-corrected chi connectivity index (χ0v) is 9.87. The minimum absolute atomic E-state index is 0.661. The first kappa shape index (κ1) is 11.4. The third-order valence-electron chi connectivity index (χ3n) is 3.79. The SMILES string of the molecule is CNCCC1COCCN1C1CCCC1.